The van der Waals surface area contributed by atoms with Crippen molar-refractivity contribution in [2.45, 2.75) is 0 Å². The van der Waals surface area contributed by atoms with Crippen LogP contribution >= 0.6 is 0 Å². The number of aromatic carboxylic acids is 1. The number of aromatic nitrogens is 3. The maximum Gasteiger partial charge on any atom is 0.338 e. The predicted molar refractivity (Wildman–Crippen MR) is 72.4 cm³/mol. The van der Waals surface area contributed by atoms with E-state index in [9.17, 15) is 4.79 Å². The molecule has 0 saturated heterocycles. The lowest BCUT2D eigenvalue weighted by molar-refractivity contribution is 0.0697. The van der Waals surface area contributed by atoms with E-state index in [2.05, 4.69) is 10.1 Å². The van der Waals surface area contributed by atoms with Crippen molar-refractivity contribution in [1.82, 2.24) is 14.8 Å². The van der Waals surface area contributed by atoms with Crippen LogP contribution in [0.4, 0.5) is 0 Å². The van der Waals surface area contributed by atoms with E-state index in [-0.39, 0.29) is 5.56 Å². The van der Waals surface area contributed by atoms with E-state index in [1.54, 1.807) is 13.3 Å². The highest BCUT2D eigenvalue weighted by Crippen LogP contribution is 2.24. The Morgan fingerprint density at radius 1 is 1.35 bits per heavy atom. The highest BCUT2D eigenvalue weighted by molar-refractivity contribution is 5.90. The highest BCUT2D eigenvalue weighted by Gasteiger charge is 2.10. The number of pyridine rings is 1. The van der Waals surface area contributed by atoms with Gasteiger partial charge in [0.2, 0.25) is 0 Å². The van der Waals surface area contributed by atoms with Crippen molar-refractivity contribution in [3.8, 4) is 11.6 Å². The molecule has 0 amide bonds. The first kappa shape index (κ1) is 12.2. The molecular formula is C14H11N3O3. The van der Waals surface area contributed by atoms with Gasteiger partial charge in [0.25, 0.3) is 0 Å². The standard InChI is InChI=1S/C14H11N3O3/c1-20-11-2-3-12-9(6-11)4-5-15-13(12)17-8-10(7-16-17)14(18)19/h2-8H,1H3,(H,18,19). The summed E-state index contributed by atoms with van der Waals surface area (Å²) in [5.74, 6) is 0.317. The van der Waals surface area contributed by atoms with Gasteiger partial charge in [0.1, 0.15) is 5.75 Å². The van der Waals surface area contributed by atoms with Crippen LogP contribution in [0.2, 0.25) is 0 Å². The van der Waals surface area contributed by atoms with E-state index in [4.69, 9.17) is 9.84 Å². The van der Waals surface area contributed by atoms with E-state index in [0.29, 0.717) is 5.82 Å². The summed E-state index contributed by atoms with van der Waals surface area (Å²) in [6.45, 7) is 0. The molecule has 0 saturated carbocycles. The molecule has 1 N–H and O–H groups in total. The normalized spacial score (nSPS) is 10.7. The van der Waals surface area contributed by atoms with Crippen molar-refractivity contribution in [3.05, 3.63) is 48.4 Å². The van der Waals surface area contributed by atoms with Crippen LogP contribution in [0, 0.1) is 0 Å². The number of nitrogens with zero attached hydrogens (tertiary/aromatic N) is 3. The van der Waals surface area contributed by atoms with Gasteiger partial charge in [-0.15, -0.1) is 0 Å². The number of carboxylic acids is 1. The summed E-state index contributed by atoms with van der Waals surface area (Å²) in [6.07, 6.45) is 4.39. The van der Waals surface area contributed by atoms with Gasteiger partial charge in [-0.3, -0.25) is 0 Å². The second kappa shape index (κ2) is 4.65. The minimum atomic E-state index is -1.02. The smallest absolute Gasteiger partial charge is 0.338 e. The monoisotopic (exact) mass is 269 g/mol. The summed E-state index contributed by atoms with van der Waals surface area (Å²) in [7, 11) is 1.61. The van der Waals surface area contributed by atoms with E-state index in [1.807, 2.05) is 24.3 Å². The SMILES string of the molecule is COc1ccc2c(-n3cc(C(=O)O)cn3)nccc2c1. The second-order valence-corrected chi connectivity index (χ2v) is 4.20. The molecule has 3 rings (SSSR count). The van der Waals surface area contributed by atoms with Crippen molar-refractivity contribution in [3.63, 3.8) is 0 Å². The zero-order valence-electron chi connectivity index (χ0n) is 10.6. The molecule has 1 aromatic carbocycles. The second-order valence-electron chi connectivity index (χ2n) is 4.20. The van der Waals surface area contributed by atoms with Gasteiger partial charge >= 0.3 is 5.97 Å². The number of methoxy groups -OCH3 is 1. The molecule has 0 spiro atoms. The Bertz CT molecular complexity index is 795. The number of fused-ring (bicyclic) bond motifs is 1. The quantitative estimate of drug-likeness (QED) is 0.788. The lowest BCUT2D eigenvalue weighted by Crippen LogP contribution is -1.99. The van der Waals surface area contributed by atoms with Crippen LogP contribution in [-0.2, 0) is 0 Å². The number of carbonyl (C=O) groups is 1. The van der Waals surface area contributed by atoms with Crippen LogP contribution in [0.3, 0.4) is 0 Å². The molecule has 0 unspecified atom stereocenters. The first-order valence-corrected chi connectivity index (χ1v) is 5.90. The lowest BCUT2D eigenvalue weighted by atomic mass is 10.1. The zero-order chi connectivity index (χ0) is 14.1. The minimum absolute atomic E-state index is 0.123. The number of rotatable bonds is 3. The highest BCUT2D eigenvalue weighted by atomic mass is 16.5. The molecule has 2 heterocycles. The molecule has 6 nitrogen and oxygen atoms in total. The summed E-state index contributed by atoms with van der Waals surface area (Å²) in [5, 5.41) is 14.8. The van der Waals surface area contributed by atoms with Crippen LogP contribution in [0.25, 0.3) is 16.6 Å². The third-order valence-corrected chi connectivity index (χ3v) is 3.00. The predicted octanol–water partition coefficient (Wildman–Crippen LogP) is 2.13. The maximum atomic E-state index is 10.9. The molecular weight excluding hydrogens is 258 g/mol. The van der Waals surface area contributed by atoms with Gasteiger partial charge in [-0.25, -0.2) is 14.5 Å². The van der Waals surface area contributed by atoms with Gasteiger partial charge in [0, 0.05) is 17.8 Å². The molecule has 3 aromatic rings. The molecule has 6 heteroatoms. The van der Waals surface area contributed by atoms with Crippen molar-refractivity contribution in [2.75, 3.05) is 7.11 Å². The van der Waals surface area contributed by atoms with E-state index in [1.165, 1.54) is 17.1 Å². The Morgan fingerprint density at radius 3 is 2.90 bits per heavy atom. The Morgan fingerprint density at radius 2 is 2.20 bits per heavy atom. The first-order valence-electron chi connectivity index (χ1n) is 5.90. The van der Waals surface area contributed by atoms with E-state index in [0.717, 1.165) is 16.5 Å². The molecule has 20 heavy (non-hydrogen) atoms. The first-order chi connectivity index (χ1) is 9.69. The molecule has 0 aliphatic heterocycles. The largest absolute Gasteiger partial charge is 0.497 e. The summed E-state index contributed by atoms with van der Waals surface area (Å²) in [4.78, 5) is 15.2. The van der Waals surface area contributed by atoms with Crippen LogP contribution in [-0.4, -0.2) is 33.0 Å². The van der Waals surface area contributed by atoms with Gasteiger partial charge in [0.15, 0.2) is 5.82 Å². The molecule has 0 aliphatic carbocycles. The Balaban J connectivity index is 2.17. The van der Waals surface area contributed by atoms with Gasteiger partial charge < -0.3 is 9.84 Å². The minimum Gasteiger partial charge on any atom is -0.497 e. The molecule has 0 atom stereocenters. The van der Waals surface area contributed by atoms with Crippen molar-refractivity contribution in [1.29, 1.82) is 0 Å². The van der Waals surface area contributed by atoms with Gasteiger partial charge in [0.05, 0.1) is 18.9 Å². The number of hydrogen-bond acceptors (Lipinski definition) is 4. The van der Waals surface area contributed by atoms with Crippen LogP contribution in [0.15, 0.2) is 42.9 Å². The fraction of sp³-hybridized carbons (Fsp3) is 0.0714. The third-order valence-electron chi connectivity index (χ3n) is 3.00. The molecule has 0 aliphatic rings. The average Bonchev–Trinajstić information content (AvgIpc) is 2.96. The summed E-state index contributed by atoms with van der Waals surface area (Å²) < 4.78 is 6.64. The zero-order valence-corrected chi connectivity index (χ0v) is 10.6. The Hall–Kier alpha value is -2.89. The summed E-state index contributed by atoms with van der Waals surface area (Å²) in [6, 6.07) is 7.46. The Labute approximate surface area is 114 Å². The van der Waals surface area contributed by atoms with Crippen LogP contribution in [0.1, 0.15) is 10.4 Å². The fourth-order valence-corrected chi connectivity index (χ4v) is 2.00. The average molecular weight is 269 g/mol. The molecule has 0 radical (unpaired) electrons. The van der Waals surface area contributed by atoms with E-state index >= 15 is 0 Å². The molecule has 100 valence electrons. The third kappa shape index (κ3) is 1.97. The van der Waals surface area contributed by atoms with Crippen molar-refractivity contribution >= 4 is 16.7 Å². The Kier molecular flexibility index (Phi) is 2.83. The number of benzene rings is 1. The maximum absolute atomic E-state index is 10.9. The van der Waals surface area contributed by atoms with Gasteiger partial charge in [-0.05, 0) is 29.7 Å². The summed E-state index contributed by atoms with van der Waals surface area (Å²) in [5.41, 5.74) is 0.123. The molecule has 2 aromatic heterocycles. The molecule has 0 bridgehead atoms. The summed E-state index contributed by atoms with van der Waals surface area (Å²) >= 11 is 0. The van der Waals surface area contributed by atoms with E-state index < -0.39 is 5.97 Å². The topological polar surface area (TPSA) is 77.2 Å². The fourth-order valence-electron chi connectivity index (χ4n) is 2.00. The van der Waals surface area contributed by atoms with Crippen molar-refractivity contribution in [2.24, 2.45) is 0 Å². The van der Waals surface area contributed by atoms with Crippen molar-refractivity contribution < 1.29 is 14.6 Å². The number of carboxylic acid groups (broad SMARTS) is 1. The van der Waals surface area contributed by atoms with Crippen LogP contribution in [0.5, 0.6) is 5.75 Å². The number of ether oxygens (including phenoxy) is 1. The van der Waals surface area contributed by atoms with Crippen LogP contribution < -0.4 is 4.74 Å². The molecule has 0 fully saturated rings. The van der Waals surface area contributed by atoms with Gasteiger partial charge in [-0.1, -0.05) is 0 Å². The number of hydrogen-bond donors (Lipinski definition) is 1. The lowest BCUT2D eigenvalue weighted by Gasteiger charge is -2.07. The van der Waals surface area contributed by atoms with Gasteiger partial charge in [-0.2, -0.15) is 5.10 Å².